The van der Waals surface area contributed by atoms with E-state index in [0.717, 1.165) is 12.1 Å². The Hall–Kier alpha value is -3.03. The van der Waals surface area contributed by atoms with E-state index in [1.807, 2.05) is 0 Å². The predicted molar refractivity (Wildman–Crippen MR) is 82.2 cm³/mol. The zero-order valence-corrected chi connectivity index (χ0v) is 13.0. The Morgan fingerprint density at radius 3 is 2.72 bits per heavy atom. The lowest BCUT2D eigenvalue weighted by molar-refractivity contribution is -0.137. The van der Waals surface area contributed by atoms with Gasteiger partial charge in [0.05, 0.1) is 23.9 Å². The number of hydrogen-bond acceptors (Lipinski definition) is 3. The summed E-state index contributed by atoms with van der Waals surface area (Å²) in [6, 6.07) is 6.63. The van der Waals surface area contributed by atoms with E-state index in [4.69, 9.17) is 9.52 Å². The van der Waals surface area contributed by atoms with Gasteiger partial charge in [-0.15, -0.1) is 0 Å². The number of aromatic nitrogens is 2. The van der Waals surface area contributed by atoms with Crippen molar-refractivity contribution in [1.82, 2.24) is 9.78 Å². The standard InChI is InChI=1S/C17H13F3N2O3/c1-10-15(11-3-2-4-13(5-11)17(18,19)20)6-14(25-10)9-22-8-12(7-21-22)16(23)24/h2-8H,9H2,1H3,(H,23,24). The minimum absolute atomic E-state index is 0.0429. The number of carbonyl (C=O) groups is 1. The summed E-state index contributed by atoms with van der Waals surface area (Å²) in [4.78, 5) is 10.9. The smallest absolute Gasteiger partial charge is 0.416 e. The third-order valence-electron chi connectivity index (χ3n) is 3.67. The first-order chi connectivity index (χ1) is 11.7. The quantitative estimate of drug-likeness (QED) is 0.765. The molecule has 25 heavy (non-hydrogen) atoms. The molecule has 0 radical (unpaired) electrons. The zero-order valence-electron chi connectivity index (χ0n) is 13.0. The molecule has 3 aromatic rings. The Morgan fingerprint density at radius 1 is 1.32 bits per heavy atom. The van der Waals surface area contributed by atoms with Crippen LogP contribution in [0.2, 0.25) is 0 Å². The van der Waals surface area contributed by atoms with Gasteiger partial charge in [0.1, 0.15) is 11.5 Å². The molecule has 0 aliphatic rings. The number of nitrogens with zero attached hydrogens (tertiary/aromatic N) is 2. The summed E-state index contributed by atoms with van der Waals surface area (Å²) in [5.74, 6) is -0.156. The summed E-state index contributed by atoms with van der Waals surface area (Å²) in [6.45, 7) is 1.83. The van der Waals surface area contributed by atoms with Gasteiger partial charge in [0, 0.05) is 11.8 Å². The number of carboxylic acids is 1. The first-order valence-electron chi connectivity index (χ1n) is 7.27. The maximum Gasteiger partial charge on any atom is 0.416 e. The van der Waals surface area contributed by atoms with Gasteiger partial charge >= 0.3 is 12.1 Å². The molecule has 0 aliphatic heterocycles. The van der Waals surface area contributed by atoms with Crippen molar-refractivity contribution in [2.45, 2.75) is 19.6 Å². The zero-order chi connectivity index (χ0) is 18.2. The third-order valence-corrected chi connectivity index (χ3v) is 3.67. The minimum atomic E-state index is -4.42. The van der Waals surface area contributed by atoms with Gasteiger partial charge in [-0.3, -0.25) is 4.68 Å². The molecular weight excluding hydrogens is 337 g/mol. The predicted octanol–water partition coefficient (Wildman–Crippen LogP) is 4.22. The van der Waals surface area contributed by atoms with E-state index >= 15 is 0 Å². The number of aromatic carboxylic acids is 1. The average Bonchev–Trinajstić information content (AvgIpc) is 3.14. The van der Waals surface area contributed by atoms with E-state index in [1.165, 1.54) is 23.1 Å². The molecular formula is C17H13F3N2O3. The Bertz CT molecular complexity index is 925. The average molecular weight is 350 g/mol. The first-order valence-corrected chi connectivity index (χ1v) is 7.27. The maximum absolute atomic E-state index is 12.9. The van der Waals surface area contributed by atoms with Crippen LogP contribution in [0.15, 0.2) is 47.1 Å². The van der Waals surface area contributed by atoms with Gasteiger partial charge < -0.3 is 9.52 Å². The summed E-state index contributed by atoms with van der Waals surface area (Å²) < 4.78 is 45.5. The molecule has 0 aliphatic carbocycles. The Kier molecular flexibility index (Phi) is 4.12. The lowest BCUT2D eigenvalue weighted by Gasteiger charge is -2.08. The number of alkyl halides is 3. The fourth-order valence-electron chi connectivity index (χ4n) is 2.49. The summed E-state index contributed by atoms with van der Waals surface area (Å²) >= 11 is 0. The first kappa shape index (κ1) is 16.8. The Labute approximate surface area is 140 Å². The molecule has 0 spiro atoms. The van der Waals surface area contributed by atoms with Gasteiger partial charge in [-0.25, -0.2) is 4.79 Å². The van der Waals surface area contributed by atoms with Crippen molar-refractivity contribution in [2.75, 3.05) is 0 Å². The Morgan fingerprint density at radius 2 is 2.08 bits per heavy atom. The highest BCUT2D eigenvalue weighted by Crippen LogP contribution is 2.34. The molecule has 2 heterocycles. The number of halogens is 3. The summed E-state index contributed by atoms with van der Waals surface area (Å²) in [5, 5.41) is 12.8. The molecule has 3 rings (SSSR count). The van der Waals surface area contributed by atoms with E-state index in [0.29, 0.717) is 22.6 Å². The highest BCUT2D eigenvalue weighted by Gasteiger charge is 2.30. The molecule has 5 nitrogen and oxygen atoms in total. The summed E-state index contributed by atoms with van der Waals surface area (Å²) in [7, 11) is 0. The normalized spacial score (nSPS) is 11.7. The molecule has 0 fully saturated rings. The van der Waals surface area contributed by atoms with Gasteiger partial charge in [0.25, 0.3) is 0 Å². The third kappa shape index (κ3) is 3.57. The van der Waals surface area contributed by atoms with Crippen LogP contribution in [0, 0.1) is 6.92 Å². The summed E-state index contributed by atoms with van der Waals surface area (Å²) in [6.07, 6.45) is -1.85. The van der Waals surface area contributed by atoms with Gasteiger partial charge in [0.15, 0.2) is 0 Å². The monoisotopic (exact) mass is 350 g/mol. The number of benzene rings is 1. The lowest BCUT2D eigenvalue weighted by Crippen LogP contribution is -2.04. The van der Waals surface area contributed by atoms with E-state index in [9.17, 15) is 18.0 Å². The van der Waals surface area contributed by atoms with Crippen LogP contribution in [0.25, 0.3) is 11.1 Å². The number of carboxylic acid groups (broad SMARTS) is 1. The van der Waals surface area contributed by atoms with E-state index in [2.05, 4.69) is 5.10 Å². The van der Waals surface area contributed by atoms with Gasteiger partial charge in [-0.1, -0.05) is 12.1 Å². The molecule has 0 unspecified atom stereocenters. The maximum atomic E-state index is 12.9. The molecule has 0 saturated heterocycles. The van der Waals surface area contributed by atoms with Gasteiger partial charge in [-0.05, 0) is 30.7 Å². The van der Waals surface area contributed by atoms with E-state index in [1.54, 1.807) is 19.1 Å². The molecule has 0 amide bonds. The Balaban J connectivity index is 1.88. The molecule has 2 aromatic heterocycles. The van der Waals surface area contributed by atoms with Crippen molar-refractivity contribution >= 4 is 5.97 Å². The molecule has 0 bridgehead atoms. The van der Waals surface area contributed by atoms with E-state index in [-0.39, 0.29) is 12.1 Å². The van der Waals surface area contributed by atoms with Crippen LogP contribution in [0.5, 0.6) is 0 Å². The largest absolute Gasteiger partial charge is 0.478 e. The van der Waals surface area contributed by atoms with Crippen LogP contribution < -0.4 is 0 Å². The number of hydrogen-bond donors (Lipinski definition) is 1. The lowest BCUT2D eigenvalue weighted by atomic mass is 10.0. The molecule has 1 aromatic carbocycles. The van der Waals surface area contributed by atoms with Crippen LogP contribution in [-0.4, -0.2) is 20.9 Å². The highest BCUT2D eigenvalue weighted by atomic mass is 19.4. The van der Waals surface area contributed by atoms with Crippen molar-refractivity contribution in [1.29, 1.82) is 0 Å². The van der Waals surface area contributed by atoms with Crippen LogP contribution in [0.3, 0.4) is 0 Å². The van der Waals surface area contributed by atoms with Crippen LogP contribution in [0.4, 0.5) is 13.2 Å². The van der Waals surface area contributed by atoms with Crippen molar-refractivity contribution in [2.24, 2.45) is 0 Å². The fraction of sp³-hybridized carbons (Fsp3) is 0.176. The minimum Gasteiger partial charge on any atom is -0.478 e. The second-order valence-corrected chi connectivity index (χ2v) is 5.49. The molecule has 1 N–H and O–H groups in total. The number of aryl methyl sites for hydroxylation is 1. The van der Waals surface area contributed by atoms with Gasteiger partial charge in [-0.2, -0.15) is 18.3 Å². The number of furan rings is 1. The molecule has 8 heteroatoms. The van der Waals surface area contributed by atoms with Crippen molar-refractivity contribution < 1.29 is 27.5 Å². The highest BCUT2D eigenvalue weighted by molar-refractivity contribution is 5.86. The van der Waals surface area contributed by atoms with Crippen molar-refractivity contribution in [3.63, 3.8) is 0 Å². The SMILES string of the molecule is Cc1oc(Cn2cc(C(=O)O)cn2)cc1-c1cccc(C(F)(F)F)c1. The summed E-state index contributed by atoms with van der Waals surface area (Å²) in [5.41, 5.74) is 0.257. The molecule has 130 valence electrons. The topological polar surface area (TPSA) is 68.3 Å². The van der Waals surface area contributed by atoms with Crippen LogP contribution in [0.1, 0.15) is 27.4 Å². The molecule has 0 atom stereocenters. The van der Waals surface area contributed by atoms with Gasteiger partial charge in [0.2, 0.25) is 0 Å². The van der Waals surface area contributed by atoms with Crippen LogP contribution in [-0.2, 0) is 12.7 Å². The molecule has 0 saturated carbocycles. The second kappa shape index (κ2) is 6.12. The van der Waals surface area contributed by atoms with Crippen molar-refractivity contribution in [3.8, 4) is 11.1 Å². The second-order valence-electron chi connectivity index (χ2n) is 5.49. The number of rotatable bonds is 4. The van der Waals surface area contributed by atoms with Crippen molar-refractivity contribution in [3.05, 3.63) is 65.4 Å². The fourth-order valence-corrected chi connectivity index (χ4v) is 2.49. The van der Waals surface area contributed by atoms with E-state index < -0.39 is 17.7 Å². The van der Waals surface area contributed by atoms with Crippen LogP contribution >= 0.6 is 0 Å².